The number of aliphatic hydroxyl groups is 1. The van der Waals surface area contributed by atoms with Crippen LogP contribution in [0.2, 0.25) is 0 Å². The topological polar surface area (TPSA) is 78.4 Å². The lowest BCUT2D eigenvalue weighted by molar-refractivity contribution is -0.111. The van der Waals surface area contributed by atoms with E-state index < -0.39 is 6.10 Å². The maximum atomic E-state index is 12.1. The first-order valence-electron chi connectivity index (χ1n) is 7.56. The monoisotopic (exact) mass is 324 g/mol. The van der Waals surface area contributed by atoms with Gasteiger partial charge in [0.25, 0.3) is 5.91 Å². The van der Waals surface area contributed by atoms with E-state index >= 15 is 0 Å². The Hall–Kier alpha value is -2.92. The van der Waals surface area contributed by atoms with Crippen molar-refractivity contribution in [1.29, 1.82) is 0 Å². The number of benzene rings is 2. The van der Waals surface area contributed by atoms with Crippen molar-refractivity contribution < 1.29 is 14.7 Å². The molecule has 5 nitrogen and oxygen atoms in total. The zero-order valence-corrected chi connectivity index (χ0v) is 13.5. The quantitative estimate of drug-likeness (QED) is 0.715. The number of carbonyl (C=O) groups is 2. The average Bonchev–Trinajstić information content (AvgIpc) is 2.60. The third kappa shape index (κ3) is 4.54. The number of hydrogen-bond acceptors (Lipinski definition) is 3. The van der Waals surface area contributed by atoms with Gasteiger partial charge in [-0.1, -0.05) is 30.8 Å². The van der Waals surface area contributed by atoms with Crippen molar-refractivity contribution in [3.05, 3.63) is 77.9 Å². The van der Waals surface area contributed by atoms with E-state index in [0.29, 0.717) is 11.3 Å². The van der Waals surface area contributed by atoms with Gasteiger partial charge in [-0.25, -0.2) is 0 Å². The minimum absolute atomic E-state index is 0.124. The molecule has 0 radical (unpaired) electrons. The molecule has 2 aromatic carbocycles. The van der Waals surface area contributed by atoms with Gasteiger partial charge in [0.15, 0.2) is 0 Å². The molecule has 0 saturated heterocycles. The average molecular weight is 324 g/mol. The molecule has 0 aliphatic carbocycles. The first-order valence-corrected chi connectivity index (χ1v) is 7.56. The maximum Gasteiger partial charge on any atom is 0.251 e. The van der Waals surface area contributed by atoms with Crippen molar-refractivity contribution in [3.63, 3.8) is 0 Å². The second-order valence-corrected chi connectivity index (χ2v) is 5.35. The summed E-state index contributed by atoms with van der Waals surface area (Å²) < 4.78 is 0. The summed E-state index contributed by atoms with van der Waals surface area (Å²) in [4.78, 5) is 23.3. The van der Waals surface area contributed by atoms with Crippen LogP contribution in [0.1, 0.15) is 27.6 Å². The zero-order chi connectivity index (χ0) is 17.5. The molecule has 3 N–H and O–H groups in total. The Labute approximate surface area is 141 Å². The standard InChI is InChI=1S/C19H20N2O3/c1-3-18(23)21-15-10-8-14(9-11-15)19(24)20-12-17(22)16-7-5-4-6-13(16)2/h3-11,17,22H,1,12H2,2H3,(H,20,24)(H,21,23). The number of amides is 2. The van der Waals surface area contributed by atoms with Crippen LogP contribution in [0.3, 0.4) is 0 Å². The fraction of sp³-hybridized carbons (Fsp3) is 0.158. The predicted octanol–water partition coefficient (Wildman–Crippen LogP) is 2.58. The lowest BCUT2D eigenvalue weighted by Crippen LogP contribution is -2.28. The predicted molar refractivity (Wildman–Crippen MR) is 93.7 cm³/mol. The number of aliphatic hydroxyl groups excluding tert-OH is 1. The van der Waals surface area contributed by atoms with Crippen molar-refractivity contribution in [3.8, 4) is 0 Å². The molecule has 124 valence electrons. The summed E-state index contributed by atoms with van der Waals surface area (Å²) in [5.41, 5.74) is 2.79. The third-order valence-electron chi connectivity index (χ3n) is 3.60. The molecule has 0 heterocycles. The van der Waals surface area contributed by atoms with Gasteiger partial charge in [0.2, 0.25) is 5.91 Å². The molecule has 2 rings (SSSR count). The summed E-state index contributed by atoms with van der Waals surface area (Å²) in [5.74, 6) is -0.599. The summed E-state index contributed by atoms with van der Waals surface area (Å²) in [6, 6.07) is 14.0. The van der Waals surface area contributed by atoms with Crippen LogP contribution in [0, 0.1) is 6.92 Å². The first kappa shape index (κ1) is 17.4. The molecule has 1 unspecified atom stereocenters. The Morgan fingerprint density at radius 2 is 1.83 bits per heavy atom. The lowest BCUT2D eigenvalue weighted by Gasteiger charge is -2.14. The Morgan fingerprint density at radius 3 is 2.46 bits per heavy atom. The van der Waals surface area contributed by atoms with Crippen molar-refractivity contribution in [2.45, 2.75) is 13.0 Å². The molecule has 2 amide bonds. The van der Waals surface area contributed by atoms with Crippen LogP contribution in [0.4, 0.5) is 5.69 Å². The molecule has 24 heavy (non-hydrogen) atoms. The normalized spacial score (nSPS) is 11.4. The summed E-state index contributed by atoms with van der Waals surface area (Å²) in [6.07, 6.45) is 0.412. The fourth-order valence-electron chi connectivity index (χ4n) is 2.26. The van der Waals surface area contributed by atoms with Gasteiger partial charge in [-0.15, -0.1) is 0 Å². The van der Waals surface area contributed by atoms with Crippen LogP contribution in [-0.4, -0.2) is 23.5 Å². The number of rotatable bonds is 6. The van der Waals surface area contributed by atoms with Gasteiger partial charge in [0.05, 0.1) is 6.10 Å². The Morgan fingerprint density at radius 1 is 1.17 bits per heavy atom. The highest BCUT2D eigenvalue weighted by Gasteiger charge is 2.12. The van der Waals surface area contributed by atoms with E-state index in [4.69, 9.17) is 0 Å². The molecule has 0 aromatic heterocycles. The molecule has 1 atom stereocenters. The van der Waals surface area contributed by atoms with Gasteiger partial charge in [-0.2, -0.15) is 0 Å². The molecule has 5 heteroatoms. The Kier molecular flexibility index (Phi) is 5.87. The van der Waals surface area contributed by atoms with E-state index in [2.05, 4.69) is 17.2 Å². The van der Waals surface area contributed by atoms with Gasteiger partial charge in [-0.05, 0) is 48.4 Å². The van der Waals surface area contributed by atoms with Crippen LogP contribution in [0.15, 0.2) is 61.2 Å². The summed E-state index contributed by atoms with van der Waals surface area (Å²) in [6.45, 7) is 5.41. The highest BCUT2D eigenvalue weighted by molar-refractivity contribution is 5.99. The second kappa shape index (κ2) is 8.08. The zero-order valence-electron chi connectivity index (χ0n) is 13.5. The van der Waals surface area contributed by atoms with Crippen molar-refractivity contribution in [2.75, 3.05) is 11.9 Å². The van der Waals surface area contributed by atoms with Crippen LogP contribution in [-0.2, 0) is 4.79 Å². The molecule has 0 bridgehead atoms. The summed E-state index contributed by atoms with van der Waals surface area (Å²) >= 11 is 0. The van der Waals surface area contributed by atoms with E-state index in [-0.39, 0.29) is 18.4 Å². The fourth-order valence-corrected chi connectivity index (χ4v) is 2.26. The molecule has 0 aliphatic rings. The van der Waals surface area contributed by atoms with E-state index in [1.807, 2.05) is 31.2 Å². The molecule has 0 fully saturated rings. The minimum atomic E-state index is -0.763. The number of anilines is 1. The second-order valence-electron chi connectivity index (χ2n) is 5.35. The molecular formula is C19H20N2O3. The van der Waals surface area contributed by atoms with Gasteiger partial charge in [-0.3, -0.25) is 9.59 Å². The third-order valence-corrected chi connectivity index (χ3v) is 3.60. The molecule has 0 saturated carbocycles. The van der Waals surface area contributed by atoms with Crippen LogP contribution in [0.5, 0.6) is 0 Å². The SMILES string of the molecule is C=CC(=O)Nc1ccc(C(=O)NCC(O)c2ccccc2C)cc1. The molecule has 2 aromatic rings. The van der Waals surface area contributed by atoms with Gasteiger partial charge >= 0.3 is 0 Å². The number of carbonyl (C=O) groups excluding carboxylic acids is 2. The summed E-state index contributed by atoms with van der Waals surface area (Å²) in [5, 5.41) is 15.5. The van der Waals surface area contributed by atoms with E-state index in [0.717, 1.165) is 11.1 Å². The molecule has 0 spiro atoms. The van der Waals surface area contributed by atoms with Crippen molar-refractivity contribution >= 4 is 17.5 Å². The molecular weight excluding hydrogens is 304 g/mol. The Balaban J connectivity index is 1.94. The highest BCUT2D eigenvalue weighted by atomic mass is 16.3. The first-order chi connectivity index (χ1) is 11.5. The smallest absolute Gasteiger partial charge is 0.251 e. The largest absolute Gasteiger partial charge is 0.387 e. The Bertz CT molecular complexity index is 739. The molecule has 0 aliphatic heterocycles. The maximum absolute atomic E-state index is 12.1. The van der Waals surface area contributed by atoms with Crippen LogP contribution < -0.4 is 10.6 Å². The van der Waals surface area contributed by atoms with Gasteiger partial charge < -0.3 is 15.7 Å². The van der Waals surface area contributed by atoms with Crippen LogP contribution >= 0.6 is 0 Å². The van der Waals surface area contributed by atoms with Crippen molar-refractivity contribution in [2.24, 2.45) is 0 Å². The number of nitrogens with one attached hydrogen (secondary N) is 2. The minimum Gasteiger partial charge on any atom is -0.387 e. The number of hydrogen-bond donors (Lipinski definition) is 3. The highest BCUT2D eigenvalue weighted by Crippen LogP contribution is 2.16. The number of aryl methyl sites for hydroxylation is 1. The van der Waals surface area contributed by atoms with Crippen LogP contribution in [0.25, 0.3) is 0 Å². The van der Waals surface area contributed by atoms with Gasteiger partial charge in [0.1, 0.15) is 0 Å². The lowest BCUT2D eigenvalue weighted by atomic mass is 10.0. The van der Waals surface area contributed by atoms with E-state index in [1.165, 1.54) is 6.08 Å². The summed E-state index contributed by atoms with van der Waals surface area (Å²) in [7, 11) is 0. The van der Waals surface area contributed by atoms with E-state index in [9.17, 15) is 14.7 Å². The van der Waals surface area contributed by atoms with Gasteiger partial charge in [0, 0.05) is 17.8 Å². The van der Waals surface area contributed by atoms with E-state index in [1.54, 1.807) is 24.3 Å². The van der Waals surface area contributed by atoms with Crippen molar-refractivity contribution in [1.82, 2.24) is 5.32 Å².